The zero-order valence-corrected chi connectivity index (χ0v) is 10.1. The van der Waals surface area contributed by atoms with Gasteiger partial charge in [0, 0.05) is 0 Å². The van der Waals surface area contributed by atoms with Crippen LogP contribution < -0.4 is 10.5 Å². The van der Waals surface area contributed by atoms with Gasteiger partial charge in [-0.2, -0.15) is 0 Å². The van der Waals surface area contributed by atoms with Crippen molar-refractivity contribution in [3.63, 3.8) is 0 Å². The maximum absolute atomic E-state index is 5.65. The van der Waals surface area contributed by atoms with Crippen LogP contribution in [0.15, 0.2) is 42.6 Å². The number of pyridine rings is 1. The van der Waals surface area contributed by atoms with Crippen molar-refractivity contribution in [1.82, 2.24) is 4.98 Å². The summed E-state index contributed by atoms with van der Waals surface area (Å²) in [6, 6.07) is 11.6. The van der Waals surface area contributed by atoms with Gasteiger partial charge in [-0.05, 0) is 35.7 Å². The van der Waals surface area contributed by atoms with Crippen LogP contribution in [0.4, 0.5) is 5.82 Å². The summed E-state index contributed by atoms with van der Waals surface area (Å²) in [6.07, 6.45) is 1.62. The third-order valence-corrected chi connectivity index (χ3v) is 2.54. The van der Waals surface area contributed by atoms with Gasteiger partial charge in [-0.25, -0.2) is 4.98 Å². The first-order valence-electron chi connectivity index (χ1n) is 5.64. The maximum atomic E-state index is 5.65. The number of hydrogen-bond donors (Lipinski definition) is 1. The van der Waals surface area contributed by atoms with E-state index < -0.39 is 0 Å². The predicted octanol–water partition coefficient (Wildman–Crippen LogP) is 3.58. The fourth-order valence-corrected chi connectivity index (χ4v) is 1.51. The van der Waals surface area contributed by atoms with E-state index >= 15 is 0 Å². The lowest BCUT2D eigenvalue weighted by Gasteiger charge is -2.08. The molecular weight excluding hydrogens is 212 g/mol. The number of nitrogens with zero attached hydrogens (tertiary/aromatic N) is 1. The predicted molar refractivity (Wildman–Crippen MR) is 69.3 cm³/mol. The molecule has 0 aliphatic heterocycles. The van der Waals surface area contributed by atoms with Gasteiger partial charge in [0.25, 0.3) is 0 Å². The molecule has 3 nitrogen and oxygen atoms in total. The van der Waals surface area contributed by atoms with Crippen LogP contribution >= 0.6 is 0 Å². The lowest BCUT2D eigenvalue weighted by molar-refractivity contribution is 0.480. The quantitative estimate of drug-likeness (QED) is 0.873. The monoisotopic (exact) mass is 228 g/mol. The van der Waals surface area contributed by atoms with E-state index in [0.29, 0.717) is 17.5 Å². The topological polar surface area (TPSA) is 48.1 Å². The number of benzene rings is 1. The minimum absolute atomic E-state index is 0.493. The number of anilines is 1. The van der Waals surface area contributed by atoms with E-state index in [2.05, 4.69) is 31.0 Å². The molecule has 1 aromatic carbocycles. The Morgan fingerprint density at radius 3 is 2.18 bits per heavy atom. The van der Waals surface area contributed by atoms with E-state index in [1.165, 1.54) is 5.56 Å². The third kappa shape index (κ3) is 2.97. The molecule has 0 spiro atoms. The summed E-state index contributed by atoms with van der Waals surface area (Å²) in [6.45, 7) is 4.33. The van der Waals surface area contributed by atoms with Crippen LogP contribution in [0.5, 0.6) is 11.5 Å². The van der Waals surface area contributed by atoms with Crippen LogP contribution in [-0.2, 0) is 0 Å². The molecule has 1 aromatic heterocycles. The lowest BCUT2D eigenvalue weighted by Crippen LogP contribution is -1.91. The van der Waals surface area contributed by atoms with Crippen molar-refractivity contribution in [2.75, 3.05) is 5.73 Å². The summed E-state index contributed by atoms with van der Waals surface area (Å²) in [5.41, 5.74) is 6.81. The van der Waals surface area contributed by atoms with Gasteiger partial charge in [0.15, 0.2) is 0 Å². The average molecular weight is 228 g/mol. The number of aromatic nitrogens is 1. The summed E-state index contributed by atoms with van der Waals surface area (Å²) < 4.78 is 5.65. The molecular formula is C14H16N2O. The molecule has 0 aliphatic rings. The van der Waals surface area contributed by atoms with Crippen LogP contribution in [0.1, 0.15) is 25.3 Å². The second kappa shape index (κ2) is 4.87. The third-order valence-electron chi connectivity index (χ3n) is 2.54. The standard InChI is InChI=1S/C14H16N2O/c1-10(2)11-3-5-12(6-4-11)17-13-7-8-14(15)16-9-13/h3-10H,1-2H3,(H2,15,16). The average Bonchev–Trinajstić information content (AvgIpc) is 2.33. The first-order valence-corrected chi connectivity index (χ1v) is 5.64. The molecule has 88 valence electrons. The first kappa shape index (κ1) is 11.5. The lowest BCUT2D eigenvalue weighted by atomic mass is 10.0. The van der Waals surface area contributed by atoms with E-state index in [1.54, 1.807) is 18.3 Å². The highest BCUT2D eigenvalue weighted by Crippen LogP contribution is 2.23. The highest BCUT2D eigenvalue weighted by Gasteiger charge is 2.00. The largest absolute Gasteiger partial charge is 0.456 e. The van der Waals surface area contributed by atoms with Gasteiger partial charge >= 0.3 is 0 Å². The zero-order valence-electron chi connectivity index (χ0n) is 10.1. The molecule has 17 heavy (non-hydrogen) atoms. The van der Waals surface area contributed by atoms with Crippen molar-refractivity contribution in [2.24, 2.45) is 0 Å². The molecule has 1 heterocycles. The number of nitrogens with two attached hydrogens (primary N) is 1. The van der Waals surface area contributed by atoms with Crippen LogP contribution in [0, 0.1) is 0 Å². The fourth-order valence-electron chi connectivity index (χ4n) is 1.51. The number of hydrogen-bond acceptors (Lipinski definition) is 3. The van der Waals surface area contributed by atoms with Crippen molar-refractivity contribution in [3.8, 4) is 11.5 Å². The second-order valence-corrected chi connectivity index (χ2v) is 4.24. The normalized spacial score (nSPS) is 10.5. The number of rotatable bonds is 3. The zero-order chi connectivity index (χ0) is 12.3. The van der Waals surface area contributed by atoms with Crippen LogP contribution in [-0.4, -0.2) is 4.98 Å². The molecule has 2 N–H and O–H groups in total. The van der Waals surface area contributed by atoms with Crippen molar-refractivity contribution in [1.29, 1.82) is 0 Å². The Bertz CT molecular complexity index is 475. The van der Waals surface area contributed by atoms with Gasteiger partial charge in [0.2, 0.25) is 0 Å². The molecule has 0 saturated heterocycles. The summed E-state index contributed by atoms with van der Waals surface area (Å²) in [5, 5.41) is 0. The maximum Gasteiger partial charge on any atom is 0.145 e. The molecule has 0 amide bonds. The summed E-state index contributed by atoms with van der Waals surface area (Å²) in [5.74, 6) is 2.52. The van der Waals surface area contributed by atoms with Crippen molar-refractivity contribution in [2.45, 2.75) is 19.8 Å². The Balaban J connectivity index is 2.11. The Morgan fingerprint density at radius 2 is 1.65 bits per heavy atom. The molecule has 2 rings (SSSR count). The van der Waals surface area contributed by atoms with Crippen LogP contribution in [0.25, 0.3) is 0 Å². The minimum atomic E-state index is 0.493. The van der Waals surface area contributed by atoms with E-state index in [0.717, 1.165) is 5.75 Å². The Morgan fingerprint density at radius 1 is 1.00 bits per heavy atom. The second-order valence-electron chi connectivity index (χ2n) is 4.24. The number of ether oxygens (including phenoxy) is 1. The first-order chi connectivity index (χ1) is 8.15. The Labute approximate surface area is 101 Å². The summed E-state index contributed by atoms with van der Waals surface area (Å²) in [7, 11) is 0. The Kier molecular flexibility index (Phi) is 3.28. The van der Waals surface area contributed by atoms with Crippen LogP contribution in [0.3, 0.4) is 0 Å². The smallest absolute Gasteiger partial charge is 0.145 e. The van der Waals surface area contributed by atoms with E-state index in [9.17, 15) is 0 Å². The molecule has 3 heteroatoms. The number of nitrogen functional groups attached to an aromatic ring is 1. The highest BCUT2D eigenvalue weighted by molar-refractivity contribution is 5.36. The molecule has 0 radical (unpaired) electrons. The summed E-state index contributed by atoms with van der Waals surface area (Å²) >= 11 is 0. The molecule has 0 saturated carbocycles. The van der Waals surface area contributed by atoms with E-state index in [1.807, 2.05) is 12.1 Å². The van der Waals surface area contributed by atoms with Gasteiger partial charge in [0.05, 0.1) is 6.20 Å². The summed E-state index contributed by atoms with van der Waals surface area (Å²) in [4.78, 5) is 3.97. The molecule has 2 aromatic rings. The highest BCUT2D eigenvalue weighted by atomic mass is 16.5. The molecule has 0 atom stereocenters. The van der Waals surface area contributed by atoms with E-state index in [-0.39, 0.29) is 0 Å². The molecule has 0 aliphatic carbocycles. The molecule has 0 fully saturated rings. The van der Waals surface area contributed by atoms with Gasteiger partial charge < -0.3 is 10.5 Å². The Hall–Kier alpha value is -2.03. The van der Waals surface area contributed by atoms with Crippen molar-refractivity contribution >= 4 is 5.82 Å². The molecule has 0 unspecified atom stereocenters. The van der Waals surface area contributed by atoms with Gasteiger partial charge in [-0.3, -0.25) is 0 Å². The minimum Gasteiger partial charge on any atom is -0.456 e. The fraction of sp³-hybridized carbons (Fsp3) is 0.214. The van der Waals surface area contributed by atoms with Gasteiger partial charge in [-0.1, -0.05) is 26.0 Å². The molecule has 0 bridgehead atoms. The SMILES string of the molecule is CC(C)c1ccc(Oc2ccc(N)nc2)cc1. The van der Waals surface area contributed by atoms with Gasteiger partial charge in [0.1, 0.15) is 17.3 Å². The van der Waals surface area contributed by atoms with Crippen molar-refractivity contribution in [3.05, 3.63) is 48.2 Å². The van der Waals surface area contributed by atoms with E-state index in [4.69, 9.17) is 10.5 Å². The van der Waals surface area contributed by atoms with Gasteiger partial charge in [-0.15, -0.1) is 0 Å². The van der Waals surface area contributed by atoms with Crippen molar-refractivity contribution < 1.29 is 4.74 Å². The van der Waals surface area contributed by atoms with Crippen LogP contribution in [0.2, 0.25) is 0 Å².